The maximum Gasteiger partial charge on any atom is 0.242 e. The van der Waals surface area contributed by atoms with Crippen molar-refractivity contribution in [2.45, 2.75) is 23.3 Å². The molecule has 0 saturated carbocycles. The highest BCUT2D eigenvalue weighted by atomic mass is 35.5. The molecule has 1 amide bonds. The van der Waals surface area contributed by atoms with E-state index in [2.05, 4.69) is 4.90 Å². The first-order valence-corrected chi connectivity index (χ1v) is 13.4. The molecule has 180 valence electrons. The number of rotatable bonds is 5. The average Bonchev–Trinajstić information content (AvgIpc) is 3.23. The Kier molecular flexibility index (Phi) is 6.30. The fraction of sp³-hybridized carbons (Fsp3) is 0.222. The molecule has 0 radical (unpaired) electrons. The van der Waals surface area contributed by atoms with Crippen molar-refractivity contribution in [3.8, 4) is 0 Å². The van der Waals surface area contributed by atoms with Gasteiger partial charge in [0.1, 0.15) is 6.54 Å². The van der Waals surface area contributed by atoms with Gasteiger partial charge < -0.3 is 14.4 Å². The summed E-state index contributed by atoms with van der Waals surface area (Å²) in [6.07, 6.45) is 1.60. The van der Waals surface area contributed by atoms with Crippen molar-refractivity contribution in [3.63, 3.8) is 0 Å². The first-order valence-electron chi connectivity index (χ1n) is 11.5. The summed E-state index contributed by atoms with van der Waals surface area (Å²) in [5.41, 5.74) is 2.77. The zero-order chi connectivity index (χ0) is 24.6. The van der Waals surface area contributed by atoms with Crippen LogP contribution < -0.4 is 4.90 Å². The lowest BCUT2D eigenvalue weighted by atomic mass is 10.2. The van der Waals surface area contributed by atoms with Gasteiger partial charge in [0.25, 0.3) is 0 Å². The quantitative estimate of drug-likeness (QED) is 0.390. The van der Waals surface area contributed by atoms with Crippen molar-refractivity contribution >= 4 is 43.9 Å². The highest BCUT2D eigenvalue weighted by molar-refractivity contribution is 7.91. The van der Waals surface area contributed by atoms with Crippen LogP contribution in [-0.4, -0.2) is 50.0 Å². The van der Waals surface area contributed by atoms with E-state index in [-0.39, 0.29) is 22.2 Å². The van der Waals surface area contributed by atoms with E-state index in [0.29, 0.717) is 36.6 Å². The fourth-order valence-electron chi connectivity index (χ4n) is 4.54. The molecule has 0 N–H and O–H groups in total. The summed E-state index contributed by atoms with van der Waals surface area (Å²) in [7, 11) is -3.73. The minimum atomic E-state index is -3.73. The number of hydrogen-bond donors (Lipinski definition) is 0. The molecule has 0 bridgehead atoms. The highest BCUT2D eigenvalue weighted by Gasteiger charge is 2.26. The molecule has 35 heavy (non-hydrogen) atoms. The molecule has 1 aliphatic heterocycles. The Bertz CT molecular complexity index is 1490. The molecule has 1 fully saturated rings. The number of anilines is 1. The Morgan fingerprint density at radius 2 is 1.63 bits per heavy atom. The number of aryl methyl sites for hydroxylation is 1. The van der Waals surface area contributed by atoms with E-state index in [4.69, 9.17) is 11.6 Å². The number of carbonyl (C=O) groups excluding carboxylic acids is 1. The Hall–Kier alpha value is -3.29. The lowest BCUT2D eigenvalue weighted by Gasteiger charge is -2.36. The third-order valence-electron chi connectivity index (χ3n) is 6.48. The van der Waals surface area contributed by atoms with E-state index >= 15 is 0 Å². The molecule has 0 atom stereocenters. The van der Waals surface area contributed by atoms with Crippen molar-refractivity contribution in [2.24, 2.45) is 0 Å². The lowest BCUT2D eigenvalue weighted by molar-refractivity contribution is -0.132. The molecule has 1 aliphatic rings. The zero-order valence-corrected chi connectivity index (χ0v) is 21.0. The maximum absolute atomic E-state index is 13.4. The van der Waals surface area contributed by atoms with Gasteiger partial charge in [0.05, 0.1) is 9.79 Å². The molecule has 6 nitrogen and oxygen atoms in total. The van der Waals surface area contributed by atoms with Crippen LogP contribution in [0.2, 0.25) is 5.02 Å². The van der Waals surface area contributed by atoms with Crippen LogP contribution >= 0.6 is 11.6 Å². The van der Waals surface area contributed by atoms with Crippen molar-refractivity contribution in [1.29, 1.82) is 0 Å². The Morgan fingerprint density at radius 1 is 0.914 bits per heavy atom. The summed E-state index contributed by atoms with van der Waals surface area (Å²) in [6, 6.07) is 21.9. The predicted octanol–water partition coefficient (Wildman–Crippen LogP) is 4.78. The molecule has 8 heteroatoms. The van der Waals surface area contributed by atoms with E-state index < -0.39 is 9.84 Å². The SMILES string of the molecule is Cc1ccc(S(=O)(=O)c2cn(CC(=O)N3CCN(c4cccc(Cl)c4)CC3)c3ccccc23)cc1. The van der Waals surface area contributed by atoms with Gasteiger partial charge >= 0.3 is 0 Å². The maximum atomic E-state index is 13.4. The summed E-state index contributed by atoms with van der Waals surface area (Å²) in [5, 5.41) is 1.31. The Morgan fingerprint density at radius 3 is 2.34 bits per heavy atom. The Labute approximate surface area is 210 Å². The lowest BCUT2D eigenvalue weighted by Crippen LogP contribution is -2.49. The average molecular weight is 508 g/mol. The first kappa shape index (κ1) is 23.5. The van der Waals surface area contributed by atoms with Crippen LogP contribution in [-0.2, 0) is 21.2 Å². The molecule has 1 aromatic heterocycles. The summed E-state index contributed by atoms with van der Waals surface area (Å²) in [6.45, 7) is 4.62. The first-order chi connectivity index (χ1) is 16.8. The minimum absolute atomic E-state index is 0.0317. The van der Waals surface area contributed by atoms with Crippen molar-refractivity contribution < 1.29 is 13.2 Å². The number of aromatic nitrogens is 1. The molecule has 5 rings (SSSR count). The molecule has 4 aromatic rings. The highest BCUT2D eigenvalue weighted by Crippen LogP contribution is 2.30. The smallest absolute Gasteiger partial charge is 0.242 e. The third-order valence-corrected chi connectivity index (χ3v) is 8.52. The second kappa shape index (κ2) is 9.40. The zero-order valence-electron chi connectivity index (χ0n) is 19.4. The standard InChI is InChI=1S/C27H26ClN3O3S/c1-20-9-11-23(12-10-20)35(33,34)26-18-31(25-8-3-2-7-24(25)26)19-27(32)30-15-13-29(14-16-30)22-6-4-5-21(28)17-22/h2-12,17-18H,13-16,19H2,1H3. The largest absolute Gasteiger partial charge is 0.368 e. The van der Waals surface area contributed by atoms with Gasteiger partial charge in [0.15, 0.2) is 0 Å². The van der Waals surface area contributed by atoms with Crippen LogP contribution in [0.5, 0.6) is 0 Å². The van der Waals surface area contributed by atoms with Gasteiger partial charge in [-0.2, -0.15) is 0 Å². The number of benzene rings is 3. The normalized spacial score (nSPS) is 14.5. The second-order valence-electron chi connectivity index (χ2n) is 8.80. The van der Waals surface area contributed by atoms with E-state index in [1.807, 2.05) is 54.3 Å². The molecule has 3 aromatic carbocycles. The van der Waals surface area contributed by atoms with Gasteiger partial charge in [-0.05, 0) is 43.3 Å². The third kappa shape index (κ3) is 4.66. The van der Waals surface area contributed by atoms with Gasteiger partial charge in [-0.25, -0.2) is 8.42 Å². The van der Waals surface area contributed by atoms with Gasteiger partial charge in [-0.15, -0.1) is 0 Å². The van der Waals surface area contributed by atoms with Crippen molar-refractivity contribution in [3.05, 3.63) is 89.6 Å². The number of para-hydroxylation sites is 1. The van der Waals surface area contributed by atoms with Crippen LogP contribution in [0.1, 0.15) is 5.56 Å². The minimum Gasteiger partial charge on any atom is -0.368 e. The molecule has 0 spiro atoms. The van der Waals surface area contributed by atoms with Crippen LogP contribution in [0.15, 0.2) is 88.8 Å². The van der Waals surface area contributed by atoms with Crippen molar-refractivity contribution in [1.82, 2.24) is 9.47 Å². The summed E-state index contributed by atoms with van der Waals surface area (Å²) >= 11 is 6.12. The van der Waals surface area contributed by atoms with E-state index in [0.717, 1.165) is 16.8 Å². The van der Waals surface area contributed by atoms with Crippen LogP contribution in [0.4, 0.5) is 5.69 Å². The molecular formula is C27H26ClN3O3S. The second-order valence-corrected chi connectivity index (χ2v) is 11.2. The predicted molar refractivity (Wildman–Crippen MR) is 139 cm³/mol. The number of nitrogens with zero attached hydrogens (tertiary/aromatic N) is 3. The molecule has 2 heterocycles. The number of hydrogen-bond acceptors (Lipinski definition) is 4. The monoisotopic (exact) mass is 507 g/mol. The van der Waals surface area contributed by atoms with E-state index in [9.17, 15) is 13.2 Å². The topological polar surface area (TPSA) is 62.6 Å². The van der Waals surface area contributed by atoms with Gasteiger partial charge in [-0.3, -0.25) is 4.79 Å². The number of amides is 1. The van der Waals surface area contributed by atoms with Crippen LogP contribution in [0, 0.1) is 6.92 Å². The number of sulfone groups is 1. The summed E-state index contributed by atoms with van der Waals surface area (Å²) in [5.74, 6) is -0.0317. The molecular weight excluding hydrogens is 482 g/mol. The van der Waals surface area contributed by atoms with Gasteiger partial charge in [-0.1, -0.05) is 53.6 Å². The number of piperazine rings is 1. The van der Waals surface area contributed by atoms with Crippen molar-refractivity contribution in [2.75, 3.05) is 31.1 Å². The van der Waals surface area contributed by atoms with Gasteiger partial charge in [0.2, 0.25) is 15.7 Å². The number of fused-ring (bicyclic) bond motifs is 1. The van der Waals surface area contributed by atoms with E-state index in [1.165, 1.54) is 0 Å². The Balaban J connectivity index is 1.36. The molecule has 0 unspecified atom stereocenters. The molecule has 1 saturated heterocycles. The van der Waals surface area contributed by atoms with Crippen LogP contribution in [0.25, 0.3) is 10.9 Å². The van der Waals surface area contributed by atoms with Gasteiger partial charge in [0, 0.05) is 54.0 Å². The van der Waals surface area contributed by atoms with E-state index in [1.54, 1.807) is 41.1 Å². The summed E-state index contributed by atoms with van der Waals surface area (Å²) < 4.78 is 28.6. The van der Waals surface area contributed by atoms with Crippen LogP contribution in [0.3, 0.4) is 0 Å². The number of halogens is 1. The number of carbonyl (C=O) groups is 1. The fourth-order valence-corrected chi connectivity index (χ4v) is 6.20. The molecule has 0 aliphatic carbocycles. The summed E-state index contributed by atoms with van der Waals surface area (Å²) in [4.78, 5) is 17.7.